The predicted molar refractivity (Wildman–Crippen MR) is 80.5 cm³/mol. The SMILES string of the molecule is CC(NCc1cccc(C#N)c1)c1cc(Br)ccc1F. The molecule has 1 N–H and O–H groups in total. The fraction of sp³-hybridized carbons (Fsp3) is 0.188. The van der Waals surface area contributed by atoms with Crippen LogP contribution in [0.15, 0.2) is 46.9 Å². The van der Waals surface area contributed by atoms with Crippen molar-refractivity contribution >= 4 is 15.9 Å². The molecule has 2 nitrogen and oxygen atoms in total. The van der Waals surface area contributed by atoms with Crippen LogP contribution in [0.3, 0.4) is 0 Å². The van der Waals surface area contributed by atoms with Gasteiger partial charge in [0.25, 0.3) is 0 Å². The molecular formula is C16H14BrFN2. The first-order chi connectivity index (χ1) is 9.60. The molecule has 0 spiro atoms. The van der Waals surface area contributed by atoms with Crippen molar-refractivity contribution in [3.05, 3.63) is 69.4 Å². The summed E-state index contributed by atoms with van der Waals surface area (Å²) in [5.41, 5.74) is 2.26. The highest BCUT2D eigenvalue weighted by Crippen LogP contribution is 2.21. The Bertz CT molecular complexity index is 649. The summed E-state index contributed by atoms with van der Waals surface area (Å²) < 4.78 is 14.6. The molecule has 4 heteroatoms. The van der Waals surface area contributed by atoms with Crippen molar-refractivity contribution in [1.82, 2.24) is 5.32 Å². The minimum absolute atomic E-state index is 0.113. The second-order valence-corrected chi connectivity index (χ2v) is 5.50. The number of hydrogen-bond donors (Lipinski definition) is 1. The van der Waals surface area contributed by atoms with Gasteiger partial charge in [-0.1, -0.05) is 28.1 Å². The van der Waals surface area contributed by atoms with Gasteiger partial charge in [0.15, 0.2) is 0 Å². The van der Waals surface area contributed by atoms with Crippen molar-refractivity contribution in [2.24, 2.45) is 0 Å². The second-order valence-electron chi connectivity index (χ2n) is 4.58. The fourth-order valence-electron chi connectivity index (χ4n) is 1.98. The summed E-state index contributed by atoms with van der Waals surface area (Å²) in [6, 6.07) is 14.3. The predicted octanol–water partition coefficient (Wildman–Crippen LogP) is 4.31. The van der Waals surface area contributed by atoms with Gasteiger partial charge in [-0.2, -0.15) is 5.26 Å². The van der Waals surface area contributed by atoms with Crippen LogP contribution in [0.25, 0.3) is 0 Å². The molecule has 0 saturated heterocycles. The third-order valence-corrected chi connectivity index (χ3v) is 3.59. The Kier molecular flexibility index (Phi) is 4.89. The van der Waals surface area contributed by atoms with Crippen LogP contribution in [0.1, 0.15) is 29.7 Å². The molecule has 2 rings (SSSR count). The molecule has 0 fully saturated rings. The van der Waals surface area contributed by atoms with Gasteiger partial charge in [-0.15, -0.1) is 0 Å². The summed E-state index contributed by atoms with van der Waals surface area (Å²) in [5.74, 6) is -0.223. The molecule has 102 valence electrons. The van der Waals surface area contributed by atoms with E-state index in [4.69, 9.17) is 5.26 Å². The molecule has 2 aromatic carbocycles. The molecule has 1 atom stereocenters. The monoisotopic (exact) mass is 332 g/mol. The zero-order valence-corrected chi connectivity index (χ0v) is 12.6. The average Bonchev–Trinajstić information content (AvgIpc) is 2.47. The number of hydrogen-bond acceptors (Lipinski definition) is 2. The molecule has 20 heavy (non-hydrogen) atoms. The van der Waals surface area contributed by atoms with Crippen LogP contribution in [0.2, 0.25) is 0 Å². The topological polar surface area (TPSA) is 35.8 Å². The zero-order valence-electron chi connectivity index (χ0n) is 11.0. The summed E-state index contributed by atoms with van der Waals surface area (Å²) >= 11 is 3.35. The van der Waals surface area contributed by atoms with Gasteiger partial charge in [-0.25, -0.2) is 4.39 Å². The highest BCUT2D eigenvalue weighted by Gasteiger charge is 2.11. The molecule has 1 unspecified atom stereocenters. The van der Waals surface area contributed by atoms with Crippen molar-refractivity contribution in [2.45, 2.75) is 19.5 Å². The first-order valence-corrected chi connectivity index (χ1v) is 7.07. The van der Waals surface area contributed by atoms with Crippen molar-refractivity contribution in [3.63, 3.8) is 0 Å². The van der Waals surface area contributed by atoms with Gasteiger partial charge < -0.3 is 5.32 Å². The molecule has 0 aliphatic heterocycles. The van der Waals surface area contributed by atoms with E-state index in [1.165, 1.54) is 6.07 Å². The number of nitriles is 1. The highest BCUT2D eigenvalue weighted by molar-refractivity contribution is 9.10. The van der Waals surface area contributed by atoms with Gasteiger partial charge >= 0.3 is 0 Å². The third kappa shape index (κ3) is 3.66. The Morgan fingerprint density at radius 3 is 2.85 bits per heavy atom. The van der Waals surface area contributed by atoms with E-state index in [0.717, 1.165) is 10.0 Å². The lowest BCUT2D eigenvalue weighted by atomic mass is 10.1. The van der Waals surface area contributed by atoms with Crippen LogP contribution in [-0.4, -0.2) is 0 Å². The summed E-state index contributed by atoms with van der Waals surface area (Å²) in [5, 5.41) is 12.1. The first kappa shape index (κ1) is 14.7. The number of rotatable bonds is 4. The maximum atomic E-state index is 13.8. The van der Waals surface area contributed by atoms with Crippen LogP contribution < -0.4 is 5.32 Å². The second kappa shape index (κ2) is 6.65. The number of benzene rings is 2. The van der Waals surface area contributed by atoms with E-state index < -0.39 is 0 Å². The van der Waals surface area contributed by atoms with E-state index in [0.29, 0.717) is 17.7 Å². The maximum Gasteiger partial charge on any atom is 0.128 e. The average molecular weight is 333 g/mol. The number of nitrogens with one attached hydrogen (secondary N) is 1. The van der Waals surface area contributed by atoms with Crippen molar-refractivity contribution < 1.29 is 4.39 Å². The van der Waals surface area contributed by atoms with E-state index in [1.807, 2.05) is 25.1 Å². The Hall–Kier alpha value is -1.70. The molecule has 0 aliphatic carbocycles. The summed E-state index contributed by atoms with van der Waals surface area (Å²) in [4.78, 5) is 0. The van der Waals surface area contributed by atoms with Crippen molar-refractivity contribution in [1.29, 1.82) is 5.26 Å². The summed E-state index contributed by atoms with van der Waals surface area (Å²) in [6.07, 6.45) is 0. The van der Waals surface area contributed by atoms with Gasteiger partial charge in [0.2, 0.25) is 0 Å². The van der Waals surface area contributed by atoms with Crippen LogP contribution in [0.5, 0.6) is 0 Å². The lowest BCUT2D eigenvalue weighted by Gasteiger charge is -2.15. The molecule has 0 aromatic heterocycles. The Labute approximate surface area is 126 Å². The number of halogens is 2. The Morgan fingerprint density at radius 1 is 1.30 bits per heavy atom. The van der Waals surface area contributed by atoms with Crippen molar-refractivity contribution in [3.8, 4) is 6.07 Å². The van der Waals surface area contributed by atoms with E-state index >= 15 is 0 Å². The van der Waals surface area contributed by atoms with Gasteiger partial charge in [0, 0.05) is 22.6 Å². The third-order valence-electron chi connectivity index (χ3n) is 3.09. The molecule has 0 radical (unpaired) electrons. The lowest BCUT2D eigenvalue weighted by Crippen LogP contribution is -2.19. The van der Waals surface area contributed by atoms with E-state index in [-0.39, 0.29) is 11.9 Å². The normalized spacial score (nSPS) is 11.9. The molecule has 0 amide bonds. The van der Waals surface area contributed by atoms with E-state index in [2.05, 4.69) is 27.3 Å². The smallest absolute Gasteiger partial charge is 0.128 e. The molecule has 0 heterocycles. The van der Waals surface area contributed by atoms with E-state index in [9.17, 15) is 4.39 Å². The standard InChI is InChI=1S/C16H14BrFN2/c1-11(15-8-14(17)5-6-16(15)18)20-10-13-4-2-3-12(7-13)9-19/h2-8,11,20H,10H2,1H3. The van der Waals surface area contributed by atoms with Gasteiger partial charge in [-0.05, 0) is 42.8 Å². The molecule has 0 saturated carbocycles. The minimum atomic E-state index is -0.223. The van der Waals surface area contributed by atoms with Gasteiger partial charge in [0.05, 0.1) is 11.6 Å². The first-order valence-electron chi connectivity index (χ1n) is 6.27. The van der Waals surface area contributed by atoms with Crippen LogP contribution in [0.4, 0.5) is 4.39 Å². The maximum absolute atomic E-state index is 13.8. The number of nitrogens with zero attached hydrogens (tertiary/aromatic N) is 1. The molecule has 0 bridgehead atoms. The summed E-state index contributed by atoms with van der Waals surface area (Å²) in [6.45, 7) is 2.50. The Balaban J connectivity index is 2.06. The van der Waals surface area contributed by atoms with Gasteiger partial charge in [0.1, 0.15) is 5.82 Å². The van der Waals surface area contributed by atoms with Crippen molar-refractivity contribution in [2.75, 3.05) is 0 Å². The lowest BCUT2D eigenvalue weighted by molar-refractivity contribution is 0.528. The zero-order chi connectivity index (χ0) is 14.5. The van der Waals surface area contributed by atoms with Crippen LogP contribution in [0, 0.1) is 17.1 Å². The summed E-state index contributed by atoms with van der Waals surface area (Å²) in [7, 11) is 0. The molecule has 0 aliphatic rings. The minimum Gasteiger partial charge on any atom is -0.306 e. The van der Waals surface area contributed by atoms with E-state index in [1.54, 1.807) is 18.2 Å². The fourth-order valence-corrected chi connectivity index (χ4v) is 2.36. The Morgan fingerprint density at radius 2 is 2.10 bits per heavy atom. The van der Waals surface area contributed by atoms with Crippen LogP contribution in [-0.2, 0) is 6.54 Å². The molecule has 2 aromatic rings. The molecular weight excluding hydrogens is 319 g/mol. The largest absolute Gasteiger partial charge is 0.306 e. The van der Waals surface area contributed by atoms with Gasteiger partial charge in [-0.3, -0.25) is 0 Å². The quantitative estimate of drug-likeness (QED) is 0.905. The van der Waals surface area contributed by atoms with Crippen LogP contribution >= 0.6 is 15.9 Å². The highest BCUT2D eigenvalue weighted by atomic mass is 79.9.